The highest BCUT2D eigenvalue weighted by molar-refractivity contribution is 5.67. The monoisotopic (exact) mass is 248 g/mol. The summed E-state index contributed by atoms with van der Waals surface area (Å²) in [5.41, 5.74) is 1.17. The number of benzene rings is 1. The van der Waals surface area contributed by atoms with Gasteiger partial charge in [-0.3, -0.25) is 4.79 Å². The minimum atomic E-state index is -0.693. The number of para-hydroxylation sites is 1. The quantitative estimate of drug-likeness (QED) is 0.887. The molecule has 0 aromatic heterocycles. The lowest BCUT2D eigenvalue weighted by Crippen LogP contribution is -2.21. The van der Waals surface area contributed by atoms with Gasteiger partial charge in [0.1, 0.15) is 5.75 Å². The first kappa shape index (κ1) is 12.9. The largest absolute Gasteiger partial charge is 0.496 e. The van der Waals surface area contributed by atoms with Gasteiger partial charge in [-0.25, -0.2) is 0 Å². The van der Waals surface area contributed by atoms with Gasteiger partial charge in [-0.1, -0.05) is 31.0 Å². The van der Waals surface area contributed by atoms with E-state index in [1.807, 2.05) is 18.2 Å². The van der Waals surface area contributed by atoms with E-state index in [-0.39, 0.29) is 12.3 Å². The van der Waals surface area contributed by atoms with E-state index in [9.17, 15) is 4.79 Å². The Morgan fingerprint density at radius 1 is 1.33 bits per heavy atom. The molecule has 0 spiro atoms. The lowest BCUT2D eigenvalue weighted by atomic mass is 9.74. The van der Waals surface area contributed by atoms with Crippen LogP contribution in [0.2, 0.25) is 0 Å². The first-order valence-electron chi connectivity index (χ1n) is 6.57. The molecule has 1 aromatic carbocycles. The van der Waals surface area contributed by atoms with Crippen LogP contribution in [0.5, 0.6) is 5.75 Å². The zero-order chi connectivity index (χ0) is 13.0. The van der Waals surface area contributed by atoms with Crippen molar-refractivity contribution in [1.82, 2.24) is 0 Å². The van der Waals surface area contributed by atoms with Crippen LogP contribution < -0.4 is 4.74 Å². The van der Waals surface area contributed by atoms with Gasteiger partial charge in [-0.05, 0) is 36.3 Å². The fraction of sp³-hybridized carbons (Fsp3) is 0.533. The summed E-state index contributed by atoms with van der Waals surface area (Å²) in [4.78, 5) is 11.0. The van der Waals surface area contributed by atoms with Crippen LogP contribution in [0.1, 0.15) is 43.6 Å². The summed E-state index contributed by atoms with van der Waals surface area (Å²) in [5.74, 6) is 0.764. The number of hydrogen-bond acceptors (Lipinski definition) is 2. The van der Waals surface area contributed by atoms with Gasteiger partial charge in [0.25, 0.3) is 0 Å². The zero-order valence-electron chi connectivity index (χ0n) is 10.8. The maximum atomic E-state index is 11.0. The maximum Gasteiger partial charge on any atom is 0.303 e. The summed E-state index contributed by atoms with van der Waals surface area (Å²) < 4.78 is 5.40. The minimum Gasteiger partial charge on any atom is -0.496 e. The summed E-state index contributed by atoms with van der Waals surface area (Å²) in [5, 5.41) is 9.03. The van der Waals surface area contributed by atoms with Gasteiger partial charge < -0.3 is 9.84 Å². The van der Waals surface area contributed by atoms with Crippen molar-refractivity contribution in [2.45, 2.75) is 38.0 Å². The summed E-state index contributed by atoms with van der Waals surface area (Å²) in [6, 6.07) is 7.99. The third-order valence-corrected chi connectivity index (χ3v) is 3.88. The highest BCUT2D eigenvalue weighted by Gasteiger charge is 2.29. The molecular weight excluding hydrogens is 228 g/mol. The zero-order valence-corrected chi connectivity index (χ0v) is 10.8. The molecule has 1 aliphatic rings. The summed E-state index contributed by atoms with van der Waals surface area (Å²) in [6.45, 7) is 0. The van der Waals surface area contributed by atoms with Crippen LogP contribution in [-0.4, -0.2) is 18.2 Å². The van der Waals surface area contributed by atoms with Gasteiger partial charge >= 0.3 is 5.97 Å². The van der Waals surface area contributed by atoms with Crippen LogP contribution in [0, 0.1) is 5.92 Å². The Kier molecular flexibility index (Phi) is 4.24. The Bertz CT molecular complexity index is 414. The predicted octanol–water partition coefficient (Wildman–Crippen LogP) is 3.44. The number of carboxylic acid groups (broad SMARTS) is 1. The van der Waals surface area contributed by atoms with Crippen LogP contribution in [0.25, 0.3) is 0 Å². The highest BCUT2D eigenvalue weighted by Crippen LogP contribution is 2.42. The second kappa shape index (κ2) is 5.89. The third-order valence-electron chi connectivity index (χ3n) is 3.88. The number of ether oxygens (including phenoxy) is 1. The fourth-order valence-corrected chi connectivity index (χ4v) is 3.06. The second-order valence-electron chi connectivity index (χ2n) is 4.99. The van der Waals surface area contributed by atoms with Gasteiger partial charge in [-0.15, -0.1) is 0 Å². The molecule has 0 saturated heterocycles. The highest BCUT2D eigenvalue weighted by atomic mass is 16.5. The topological polar surface area (TPSA) is 46.5 Å². The predicted molar refractivity (Wildman–Crippen MR) is 69.9 cm³/mol. The van der Waals surface area contributed by atoms with Crippen molar-refractivity contribution in [2.75, 3.05) is 7.11 Å². The summed E-state index contributed by atoms with van der Waals surface area (Å²) in [7, 11) is 1.67. The van der Waals surface area contributed by atoms with E-state index in [4.69, 9.17) is 9.84 Å². The third kappa shape index (κ3) is 2.84. The number of carbonyl (C=O) groups is 1. The normalized spacial score (nSPS) is 23.6. The standard InChI is InChI=1S/C15H20O3/c1-18-14-9-5-4-8-13(14)12-7-3-2-6-11(12)10-15(16)17/h4-5,8-9,11-12H,2-3,6-7,10H2,1H3,(H,16,17)/t11-,12-/m0/s1. The molecule has 0 radical (unpaired) electrons. The number of rotatable bonds is 4. The summed E-state index contributed by atoms with van der Waals surface area (Å²) >= 11 is 0. The molecule has 1 N–H and O–H groups in total. The lowest BCUT2D eigenvalue weighted by Gasteiger charge is -2.31. The molecule has 0 aliphatic heterocycles. The van der Waals surface area contributed by atoms with E-state index in [0.29, 0.717) is 5.92 Å². The average molecular weight is 248 g/mol. The minimum absolute atomic E-state index is 0.243. The van der Waals surface area contributed by atoms with Gasteiger partial charge in [0.05, 0.1) is 7.11 Å². The molecule has 98 valence electrons. The van der Waals surface area contributed by atoms with E-state index in [1.165, 1.54) is 12.0 Å². The maximum absolute atomic E-state index is 11.0. The van der Waals surface area contributed by atoms with Gasteiger partial charge in [-0.2, -0.15) is 0 Å². The molecule has 1 aliphatic carbocycles. The van der Waals surface area contributed by atoms with Gasteiger partial charge in [0.2, 0.25) is 0 Å². The molecule has 0 unspecified atom stereocenters. The Hall–Kier alpha value is -1.51. The van der Waals surface area contributed by atoms with Crippen molar-refractivity contribution in [1.29, 1.82) is 0 Å². The average Bonchev–Trinajstić information content (AvgIpc) is 2.39. The molecule has 0 heterocycles. The molecule has 18 heavy (non-hydrogen) atoms. The molecule has 2 atom stereocenters. The van der Waals surface area contributed by atoms with Crippen LogP contribution in [0.15, 0.2) is 24.3 Å². The Morgan fingerprint density at radius 3 is 2.78 bits per heavy atom. The van der Waals surface area contributed by atoms with E-state index >= 15 is 0 Å². The number of aliphatic carboxylic acids is 1. The fourth-order valence-electron chi connectivity index (χ4n) is 3.06. The van der Waals surface area contributed by atoms with E-state index in [0.717, 1.165) is 25.0 Å². The van der Waals surface area contributed by atoms with Gasteiger partial charge in [0, 0.05) is 6.42 Å². The molecular formula is C15H20O3. The smallest absolute Gasteiger partial charge is 0.303 e. The SMILES string of the molecule is COc1ccccc1[C@H]1CCCC[C@H]1CC(=O)O. The van der Waals surface area contributed by atoms with E-state index in [2.05, 4.69) is 6.07 Å². The molecule has 2 rings (SSSR count). The van der Waals surface area contributed by atoms with Crippen molar-refractivity contribution in [3.05, 3.63) is 29.8 Å². The first-order chi connectivity index (χ1) is 8.72. The number of hydrogen-bond donors (Lipinski definition) is 1. The van der Waals surface area contributed by atoms with Crippen LogP contribution >= 0.6 is 0 Å². The van der Waals surface area contributed by atoms with Crippen LogP contribution in [-0.2, 0) is 4.79 Å². The van der Waals surface area contributed by atoms with Crippen molar-refractivity contribution in [3.63, 3.8) is 0 Å². The Morgan fingerprint density at radius 2 is 2.06 bits per heavy atom. The molecule has 1 aromatic rings. The lowest BCUT2D eigenvalue weighted by molar-refractivity contribution is -0.138. The molecule has 3 nitrogen and oxygen atoms in total. The van der Waals surface area contributed by atoms with Crippen molar-refractivity contribution in [2.24, 2.45) is 5.92 Å². The molecule has 1 fully saturated rings. The second-order valence-corrected chi connectivity index (χ2v) is 4.99. The van der Waals surface area contributed by atoms with E-state index < -0.39 is 5.97 Å². The van der Waals surface area contributed by atoms with Gasteiger partial charge in [0.15, 0.2) is 0 Å². The Labute approximate surface area is 108 Å². The van der Waals surface area contributed by atoms with E-state index in [1.54, 1.807) is 7.11 Å². The Balaban J connectivity index is 2.24. The number of methoxy groups -OCH3 is 1. The molecule has 3 heteroatoms. The van der Waals surface area contributed by atoms with Crippen molar-refractivity contribution < 1.29 is 14.6 Å². The van der Waals surface area contributed by atoms with Crippen LogP contribution in [0.3, 0.4) is 0 Å². The molecule has 0 bridgehead atoms. The number of carboxylic acids is 1. The molecule has 0 amide bonds. The van der Waals surface area contributed by atoms with Crippen LogP contribution in [0.4, 0.5) is 0 Å². The first-order valence-corrected chi connectivity index (χ1v) is 6.57. The van der Waals surface area contributed by atoms with Crippen molar-refractivity contribution in [3.8, 4) is 5.75 Å². The molecule has 1 saturated carbocycles. The summed E-state index contributed by atoms with van der Waals surface area (Å²) in [6.07, 6.45) is 4.67. The van der Waals surface area contributed by atoms with Crippen molar-refractivity contribution >= 4 is 5.97 Å².